The van der Waals surface area contributed by atoms with Gasteiger partial charge in [0.2, 0.25) is 11.7 Å². The van der Waals surface area contributed by atoms with Gasteiger partial charge in [-0.1, -0.05) is 23.4 Å². The van der Waals surface area contributed by atoms with Crippen LogP contribution in [0.15, 0.2) is 70.2 Å². The topological polar surface area (TPSA) is 103 Å². The van der Waals surface area contributed by atoms with Gasteiger partial charge in [-0.2, -0.15) is 4.98 Å². The highest BCUT2D eigenvalue weighted by Gasteiger charge is 2.21. The molecule has 0 fully saturated rings. The number of amides is 1. The van der Waals surface area contributed by atoms with Crippen LogP contribution in [0.3, 0.4) is 0 Å². The second kappa shape index (κ2) is 8.40. The summed E-state index contributed by atoms with van der Waals surface area (Å²) >= 11 is 1.25. The molecule has 0 radical (unpaired) electrons. The maximum absolute atomic E-state index is 13.2. The second-order valence-electron chi connectivity index (χ2n) is 7.26. The second-order valence-corrected chi connectivity index (χ2v) is 8.26. The van der Waals surface area contributed by atoms with Crippen molar-refractivity contribution in [3.8, 4) is 22.2 Å². The van der Waals surface area contributed by atoms with Crippen LogP contribution in [-0.2, 0) is 11.3 Å². The summed E-state index contributed by atoms with van der Waals surface area (Å²) in [5.74, 6) is -0.145. The molecule has 0 saturated heterocycles. The number of anilines is 1. The molecule has 3 aromatic heterocycles. The molecule has 0 saturated carbocycles. The Labute approximate surface area is 190 Å². The average molecular weight is 461 g/mol. The summed E-state index contributed by atoms with van der Waals surface area (Å²) in [6, 6.07) is 14.7. The summed E-state index contributed by atoms with van der Waals surface area (Å²) in [6.45, 7) is 1.60. The fourth-order valence-corrected chi connectivity index (χ4v) is 4.45. The van der Waals surface area contributed by atoms with Gasteiger partial charge < -0.3 is 9.84 Å². The Kier molecular flexibility index (Phi) is 5.27. The van der Waals surface area contributed by atoms with Crippen LogP contribution in [0.1, 0.15) is 5.56 Å². The number of aryl methyl sites for hydroxylation is 1. The molecule has 0 bridgehead atoms. The third kappa shape index (κ3) is 4.03. The Hall–Kier alpha value is -4.18. The first-order valence-electron chi connectivity index (χ1n) is 9.93. The minimum absolute atomic E-state index is 0.170. The van der Waals surface area contributed by atoms with Gasteiger partial charge in [-0.3, -0.25) is 14.2 Å². The zero-order valence-corrected chi connectivity index (χ0v) is 18.1. The van der Waals surface area contributed by atoms with Crippen LogP contribution in [0.25, 0.3) is 32.4 Å². The Morgan fingerprint density at radius 3 is 2.67 bits per heavy atom. The molecule has 1 N–H and O–H groups in total. The first-order valence-corrected chi connectivity index (χ1v) is 10.7. The predicted octanol–water partition coefficient (Wildman–Crippen LogP) is 4.26. The molecule has 5 aromatic rings. The van der Waals surface area contributed by atoms with Gasteiger partial charge in [-0.15, -0.1) is 11.3 Å². The van der Waals surface area contributed by atoms with Gasteiger partial charge in [0.15, 0.2) is 0 Å². The summed E-state index contributed by atoms with van der Waals surface area (Å²) in [5, 5.41) is 7.11. The van der Waals surface area contributed by atoms with E-state index in [-0.39, 0.29) is 29.7 Å². The third-order valence-corrected chi connectivity index (χ3v) is 6.20. The van der Waals surface area contributed by atoms with Crippen molar-refractivity contribution in [2.45, 2.75) is 13.5 Å². The smallest absolute Gasteiger partial charge is 0.268 e. The number of halogens is 1. The van der Waals surface area contributed by atoms with Gasteiger partial charge in [0.05, 0.1) is 16.6 Å². The van der Waals surface area contributed by atoms with Gasteiger partial charge in [0, 0.05) is 11.3 Å². The lowest BCUT2D eigenvalue weighted by atomic mass is 10.2. The predicted molar refractivity (Wildman–Crippen MR) is 122 cm³/mol. The van der Waals surface area contributed by atoms with Gasteiger partial charge >= 0.3 is 0 Å². The van der Waals surface area contributed by atoms with Gasteiger partial charge in [-0.05, 0) is 48.9 Å². The zero-order chi connectivity index (χ0) is 22.9. The number of rotatable bonds is 5. The maximum atomic E-state index is 13.2. The van der Waals surface area contributed by atoms with Crippen LogP contribution in [0, 0.1) is 12.7 Å². The lowest BCUT2D eigenvalue weighted by molar-refractivity contribution is -0.116. The maximum Gasteiger partial charge on any atom is 0.268 e. The van der Waals surface area contributed by atoms with Gasteiger partial charge in [0.1, 0.15) is 17.2 Å². The van der Waals surface area contributed by atoms with Crippen LogP contribution in [0.4, 0.5) is 10.1 Å². The number of aromatic nitrogens is 4. The highest BCUT2D eigenvalue weighted by atomic mass is 32.1. The number of nitrogens with one attached hydrogen (secondary N) is 1. The number of benzene rings is 2. The minimum atomic E-state index is -0.359. The molecule has 0 atom stereocenters. The molecule has 0 unspecified atom stereocenters. The first-order chi connectivity index (χ1) is 16.0. The first kappa shape index (κ1) is 20.7. The van der Waals surface area contributed by atoms with Crippen LogP contribution in [-0.4, -0.2) is 25.6 Å². The van der Waals surface area contributed by atoms with Crippen molar-refractivity contribution in [1.82, 2.24) is 19.7 Å². The molecule has 8 nitrogen and oxygen atoms in total. The van der Waals surface area contributed by atoms with E-state index in [1.807, 2.05) is 18.2 Å². The number of carbonyl (C=O) groups is 1. The molecular weight excluding hydrogens is 445 g/mol. The van der Waals surface area contributed by atoms with E-state index in [1.165, 1.54) is 34.4 Å². The molecule has 5 rings (SSSR count). The number of carbonyl (C=O) groups excluding carboxylic acids is 1. The van der Waals surface area contributed by atoms with Crippen molar-refractivity contribution < 1.29 is 13.7 Å². The van der Waals surface area contributed by atoms with Crippen LogP contribution >= 0.6 is 11.3 Å². The standard InChI is InChI=1S/C23H16FN5O3S/c1-13-18-22(25-12-29(23(18)31)11-17(30)26-16-5-3-2-4-6-16)33-19(13)21-27-20(28-32-21)14-7-9-15(24)10-8-14/h2-10,12H,11H2,1H3,(H,26,30). The molecular formula is C23H16FN5O3S. The van der Waals surface area contributed by atoms with Crippen LogP contribution < -0.4 is 10.9 Å². The minimum Gasteiger partial charge on any atom is -0.333 e. The van der Waals surface area contributed by atoms with E-state index in [1.54, 1.807) is 31.2 Å². The van der Waals surface area contributed by atoms with Gasteiger partial charge in [-0.25, -0.2) is 9.37 Å². The van der Waals surface area contributed by atoms with E-state index in [4.69, 9.17) is 4.52 Å². The van der Waals surface area contributed by atoms with Crippen LogP contribution in [0.5, 0.6) is 0 Å². The quantitative estimate of drug-likeness (QED) is 0.420. The molecule has 33 heavy (non-hydrogen) atoms. The molecule has 1 amide bonds. The number of hydrogen-bond acceptors (Lipinski definition) is 7. The van der Waals surface area contributed by atoms with E-state index in [9.17, 15) is 14.0 Å². The molecule has 0 aliphatic rings. The van der Waals surface area contributed by atoms with E-state index in [2.05, 4.69) is 20.4 Å². The van der Waals surface area contributed by atoms with Crippen molar-refractivity contribution in [3.63, 3.8) is 0 Å². The third-order valence-electron chi connectivity index (χ3n) is 5.01. The molecule has 0 spiro atoms. The number of nitrogens with zero attached hydrogens (tertiary/aromatic N) is 4. The van der Waals surface area contributed by atoms with E-state index >= 15 is 0 Å². The average Bonchev–Trinajstić information content (AvgIpc) is 3.42. The van der Waals surface area contributed by atoms with Crippen molar-refractivity contribution in [1.29, 1.82) is 0 Å². The Balaban J connectivity index is 1.45. The van der Waals surface area contributed by atoms with E-state index in [0.29, 0.717) is 37.7 Å². The van der Waals surface area contributed by atoms with Crippen molar-refractivity contribution in [2.24, 2.45) is 0 Å². The lowest BCUT2D eigenvalue weighted by Gasteiger charge is -2.07. The highest BCUT2D eigenvalue weighted by molar-refractivity contribution is 7.22. The number of para-hydroxylation sites is 1. The van der Waals surface area contributed by atoms with Crippen LogP contribution in [0.2, 0.25) is 0 Å². The largest absolute Gasteiger partial charge is 0.333 e. The van der Waals surface area contributed by atoms with Gasteiger partial charge in [0.25, 0.3) is 11.4 Å². The van der Waals surface area contributed by atoms with Crippen molar-refractivity contribution >= 4 is 33.1 Å². The SMILES string of the molecule is Cc1c(-c2nc(-c3ccc(F)cc3)no2)sc2ncn(CC(=O)Nc3ccccc3)c(=O)c12. The number of thiophene rings is 1. The van der Waals surface area contributed by atoms with E-state index < -0.39 is 0 Å². The normalized spacial score (nSPS) is 11.1. The molecule has 0 aliphatic heterocycles. The summed E-state index contributed by atoms with van der Waals surface area (Å²) in [4.78, 5) is 35.3. The molecule has 10 heteroatoms. The molecule has 2 aromatic carbocycles. The Morgan fingerprint density at radius 2 is 1.91 bits per heavy atom. The monoisotopic (exact) mass is 461 g/mol. The summed E-state index contributed by atoms with van der Waals surface area (Å²) in [6.07, 6.45) is 1.35. The summed E-state index contributed by atoms with van der Waals surface area (Å²) in [5.41, 5.74) is 1.56. The number of fused-ring (bicyclic) bond motifs is 1. The molecule has 0 aliphatic carbocycles. The molecule has 3 heterocycles. The number of hydrogen-bond donors (Lipinski definition) is 1. The Morgan fingerprint density at radius 1 is 1.15 bits per heavy atom. The fraction of sp³-hybridized carbons (Fsp3) is 0.0870. The fourth-order valence-electron chi connectivity index (χ4n) is 3.38. The summed E-state index contributed by atoms with van der Waals surface area (Å²) < 4.78 is 19.8. The summed E-state index contributed by atoms with van der Waals surface area (Å²) in [7, 11) is 0. The van der Waals surface area contributed by atoms with Crippen molar-refractivity contribution in [3.05, 3.63) is 82.7 Å². The van der Waals surface area contributed by atoms with E-state index in [0.717, 1.165) is 0 Å². The zero-order valence-electron chi connectivity index (χ0n) is 17.3. The van der Waals surface area contributed by atoms with Crippen molar-refractivity contribution in [2.75, 3.05) is 5.32 Å². The molecule has 164 valence electrons. The Bertz CT molecular complexity index is 1520. The highest BCUT2D eigenvalue weighted by Crippen LogP contribution is 2.35. The lowest BCUT2D eigenvalue weighted by Crippen LogP contribution is -2.27.